The molecule has 0 aliphatic heterocycles. The van der Waals surface area contributed by atoms with Crippen LogP contribution in [-0.2, 0) is 0 Å². The Morgan fingerprint density at radius 2 is 0.882 bits per heavy atom. The van der Waals surface area contributed by atoms with E-state index in [1.54, 1.807) is 0 Å². The van der Waals surface area contributed by atoms with Gasteiger partial charge in [-0.3, -0.25) is 0 Å². The van der Waals surface area contributed by atoms with Gasteiger partial charge in [-0.05, 0) is 35.4 Å². The zero-order valence-corrected chi connectivity index (χ0v) is 27.5. The summed E-state index contributed by atoms with van der Waals surface area (Å²) in [5.74, 6) is 0.687. The van der Waals surface area contributed by atoms with E-state index in [9.17, 15) is 0 Å². The van der Waals surface area contributed by atoms with Gasteiger partial charge in [-0.2, -0.15) is 0 Å². The Labute approximate surface area is 294 Å². The van der Waals surface area contributed by atoms with E-state index in [0.29, 0.717) is 5.82 Å². The first-order valence-electron chi connectivity index (χ1n) is 17.1. The van der Waals surface area contributed by atoms with Crippen molar-refractivity contribution in [1.29, 1.82) is 0 Å². The third-order valence-corrected chi connectivity index (χ3v) is 9.71. The van der Waals surface area contributed by atoms with Gasteiger partial charge in [0.2, 0.25) is 0 Å². The number of pyridine rings is 1. The zero-order chi connectivity index (χ0) is 33.7. The topological polar surface area (TPSA) is 51.8 Å². The van der Waals surface area contributed by atoms with E-state index >= 15 is 0 Å². The lowest BCUT2D eigenvalue weighted by Crippen LogP contribution is -1.96. The number of benzene rings is 7. The highest BCUT2D eigenvalue weighted by Gasteiger charge is 2.18. The Hall–Kier alpha value is -6.91. The molecular weight excluding hydrogens is 623 g/mol. The van der Waals surface area contributed by atoms with Crippen LogP contribution in [0.25, 0.3) is 99.9 Å². The minimum absolute atomic E-state index is 0.687. The molecule has 0 fully saturated rings. The van der Waals surface area contributed by atoms with Gasteiger partial charge in [0.1, 0.15) is 11.2 Å². The zero-order valence-electron chi connectivity index (χ0n) is 27.5. The molecule has 10 rings (SSSR count). The number of fused-ring (bicyclic) bond motifs is 7. The van der Waals surface area contributed by atoms with Gasteiger partial charge in [0.25, 0.3) is 0 Å². The molecule has 0 saturated carbocycles. The fraction of sp³-hybridized carbons (Fsp3) is 0. The van der Waals surface area contributed by atoms with Gasteiger partial charge < -0.3 is 4.42 Å². The van der Waals surface area contributed by atoms with Gasteiger partial charge in [0, 0.05) is 49.2 Å². The highest BCUT2D eigenvalue weighted by molar-refractivity contribution is 6.24. The summed E-state index contributed by atoms with van der Waals surface area (Å²) in [6.07, 6.45) is 0. The summed E-state index contributed by atoms with van der Waals surface area (Å²) in [5.41, 5.74) is 11.8. The maximum absolute atomic E-state index is 6.52. The van der Waals surface area contributed by atoms with Crippen LogP contribution in [-0.4, -0.2) is 15.0 Å². The van der Waals surface area contributed by atoms with Gasteiger partial charge >= 0.3 is 0 Å². The Bertz CT molecular complexity index is 2880. The van der Waals surface area contributed by atoms with Crippen molar-refractivity contribution in [2.24, 2.45) is 0 Å². The average molecular weight is 652 g/mol. The molecule has 4 nitrogen and oxygen atoms in total. The lowest BCUT2D eigenvalue weighted by Gasteiger charge is -2.12. The number of hydrogen-bond donors (Lipinski definition) is 0. The highest BCUT2D eigenvalue weighted by atomic mass is 16.3. The maximum Gasteiger partial charge on any atom is 0.160 e. The Morgan fingerprint density at radius 1 is 0.353 bits per heavy atom. The fourth-order valence-electron chi connectivity index (χ4n) is 7.16. The third kappa shape index (κ3) is 5.04. The first-order valence-corrected chi connectivity index (χ1v) is 17.1. The number of furan rings is 1. The molecule has 3 aromatic heterocycles. The van der Waals surface area contributed by atoms with E-state index in [1.807, 2.05) is 42.5 Å². The number of aromatic nitrogens is 3. The minimum atomic E-state index is 0.687. The second-order valence-corrected chi connectivity index (χ2v) is 12.8. The SMILES string of the molecule is c1ccc(-c2ccc(-c3nc(-c4ccccc4)cc(-c4ccc(-c5nc6ccccc6c6c5ccc5c7ccccc7oc56)cc4)n3)cc2)cc1. The quantitative estimate of drug-likeness (QED) is 0.174. The van der Waals surface area contributed by atoms with E-state index in [-0.39, 0.29) is 0 Å². The number of nitrogens with zero attached hydrogens (tertiary/aromatic N) is 3. The van der Waals surface area contributed by atoms with E-state index in [2.05, 4.69) is 133 Å². The standard InChI is InChI=1S/C47H29N3O/c1-3-11-30(12-4-1)31-19-25-35(26-20-31)47-49-41(32-13-5-2-6-14-32)29-42(50-47)33-21-23-34(24-22-33)45-39-28-27-37-36-15-8-10-18-43(36)51-46(37)44(39)38-16-7-9-17-40(38)48-45/h1-29H. The van der Waals surface area contributed by atoms with Gasteiger partial charge in [0.05, 0.1) is 22.6 Å². The first kappa shape index (κ1) is 29.0. The van der Waals surface area contributed by atoms with Crippen LogP contribution in [0.4, 0.5) is 0 Å². The molecule has 0 bridgehead atoms. The van der Waals surface area contributed by atoms with E-state index in [0.717, 1.165) is 88.5 Å². The molecule has 0 saturated heterocycles. The summed E-state index contributed by atoms with van der Waals surface area (Å²) in [6, 6.07) is 60.7. The summed E-state index contributed by atoms with van der Waals surface area (Å²) in [7, 11) is 0. The second kappa shape index (κ2) is 11.9. The molecule has 7 aromatic carbocycles. The molecular formula is C47H29N3O. The molecule has 0 radical (unpaired) electrons. The number of para-hydroxylation sites is 2. The van der Waals surface area contributed by atoms with E-state index < -0.39 is 0 Å². The summed E-state index contributed by atoms with van der Waals surface area (Å²) < 4.78 is 6.52. The van der Waals surface area contributed by atoms with Crippen LogP contribution in [0.3, 0.4) is 0 Å². The maximum atomic E-state index is 6.52. The second-order valence-electron chi connectivity index (χ2n) is 12.8. The predicted octanol–water partition coefficient (Wildman–Crippen LogP) is 12.4. The van der Waals surface area contributed by atoms with Crippen molar-refractivity contribution in [3.8, 4) is 56.3 Å². The predicted molar refractivity (Wildman–Crippen MR) is 209 cm³/mol. The molecule has 3 heterocycles. The Kier molecular flexibility index (Phi) is 6.78. The molecule has 0 aliphatic rings. The van der Waals surface area contributed by atoms with Gasteiger partial charge in [0.15, 0.2) is 5.82 Å². The van der Waals surface area contributed by atoms with Gasteiger partial charge in [-0.25, -0.2) is 15.0 Å². The van der Waals surface area contributed by atoms with Crippen molar-refractivity contribution < 1.29 is 4.42 Å². The van der Waals surface area contributed by atoms with E-state index in [4.69, 9.17) is 19.4 Å². The summed E-state index contributed by atoms with van der Waals surface area (Å²) in [6.45, 7) is 0. The lowest BCUT2D eigenvalue weighted by molar-refractivity contribution is 0.673. The van der Waals surface area contributed by atoms with Crippen LogP contribution < -0.4 is 0 Å². The van der Waals surface area contributed by atoms with E-state index in [1.165, 1.54) is 5.56 Å². The van der Waals surface area contributed by atoms with Crippen LogP contribution in [0.1, 0.15) is 0 Å². The molecule has 0 aliphatic carbocycles. The molecule has 0 amide bonds. The number of hydrogen-bond acceptors (Lipinski definition) is 4. The molecule has 0 spiro atoms. The average Bonchev–Trinajstić information content (AvgIpc) is 3.60. The molecule has 51 heavy (non-hydrogen) atoms. The normalized spacial score (nSPS) is 11.5. The van der Waals surface area contributed by atoms with Crippen molar-refractivity contribution >= 4 is 43.6 Å². The molecule has 0 atom stereocenters. The lowest BCUT2D eigenvalue weighted by atomic mass is 9.97. The van der Waals surface area contributed by atoms with Crippen molar-refractivity contribution in [3.05, 3.63) is 176 Å². The van der Waals surface area contributed by atoms with Crippen LogP contribution >= 0.6 is 0 Å². The smallest absolute Gasteiger partial charge is 0.160 e. The highest BCUT2D eigenvalue weighted by Crippen LogP contribution is 2.41. The van der Waals surface area contributed by atoms with Crippen LogP contribution in [0, 0.1) is 0 Å². The minimum Gasteiger partial charge on any atom is -0.455 e. The summed E-state index contributed by atoms with van der Waals surface area (Å²) in [5, 5.41) is 5.45. The van der Waals surface area contributed by atoms with Crippen molar-refractivity contribution in [3.63, 3.8) is 0 Å². The van der Waals surface area contributed by atoms with Gasteiger partial charge in [-0.1, -0.05) is 152 Å². The summed E-state index contributed by atoms with van der Waals surface area (Å²) in [4.78, 5) is 15.4. The van der Waals surface area contributed by atoms with Crippen LogP contribution in [0.5, 0.6) is 0 Å². The number of rotatable bonds is 5. The largest absolute Gasteiger partial charge is 0.455 e. The van der Waals surface area contributed by atoms with Gasteiger partial charge in [-0.15, -0.1) is 0 Å². The Morgan fingerprint density at radius 3 is 1.63 bits per heavy atom. The Balaban J connectivity index is 1.09. The van der Waals surface area contributed by atoms with Crippen LogP contribution in [0.15, 0.2) is 180 Å². The first-order chi connectivity index (χ1) is 25.3. The van der Waals surface area contributed by atoms with Crippen molar-refractivity contribution in [2.75, 3.05) is 0 Å². The van der Waals surface area contributed by atoms with Crippen LogP contribution in [0.2, 0.25) is 0 Å². The monoisotopic (exact) mass is 651 g/mol. The molecule has 4 heteroatoms. The molecule has 0 N–H and O–H groups in total. The fourth-order valence-corrected chi connectivity index (χ4v) is 7.16. The van der Waals surface area contributed by atoms with Crippen molar-refractivity contribution in [2.45, 2.75) is 0 Å². The third-order valence-electron chi connectivity index (χ3n) is 9.71. The molecule has 0 unspecified atom stereocenters. The summed E-state index contributed by atoms with van der Waals surface area (Å²) >= 11 is 0. The molecule has 10 aromatic rings. The van der Waals surface area contributed by atoms with Crippen molar-refractivity contribution in [1.82, 2.24) is 15.0 Å². The molecule has 238 valence electrons.